The number of carboxylic acid groups (broad SMARTS) is 1. The summed E-state index contributed by atoms with van der Waals surface area (Å²) in [6, 6.07) is 1.69. The molecule has 0 spiro atoms. The van der Waals surface area contributed by atoms with E-state index in [1.807, 2.05) is 6.92 Å². The zero-order valence-electron chi connectivity index (χ0n) is 11.3. The van der Waals surface area contributed by atoms with E-state index < -0.39 is 5.97 Å². The third kappa shape index (κ3) is 4.02. The van der Waals surface area contributed by atoms with Crippen molar-refractivity contribution >= 4 is 5.97 Å². The van der Waals surface area contributed by atoms with Crippen LogP contribution in [-0.2, 0) is 0 Å². The minimum absolute atomic E-state index is 0.177. The highest BCUT2D eigenvalue weighted by molar-refractivity contribution is 5.92. The first-order valence-electron chi connectivity index (χ1n) is 6.40. The molecule has 4 nitrogen and oxygen atoms in total. The number of nitrogens with zero attached hydrogens (tertiary/aromatic N) is 1. The van der Waals surface area contributed by atoms with E-state index in [2.05, 4.69) is 11.9 Å². The first-order valence-corrected chi connectivity index (χ1v) is 6.40. The molecule has 0 unspecified atom stereocenters. The highest BCUT2D eigenvalue weighted by Crippen LogP contribution is 2.22. The van der Waals surface area contributed by atoms with Crippen LogP contribution in [0.1, 0.15) is 54.4 Å². The Hall–Kier alpha value is -1.58. The Morgan fingerprint density at radius 2 is 2.06 bits per heavy atom. The van der Waals surface area contributed by atoms with Gasteiger partial charge in [0, 0.05) is 11.8 Å². The number of rotatable bonds is 7. The smallest absolute Gasteiger partial charge is 0.341 e. The van der Waals surface area contributed by atoms with Gasteiger partial charge in [-0.3, -0.25) is 4.98 Å². The molecule has 0 bridgehead atoms. The van der Waals surface area contributed by atoms with Crippen molar-refractivity contribution in [3.8, 4) is 5.75 Å². The quantitative estimate of drug-likeness (QED) is 0.755. The van der Waals surface area contributed by atoms with Crippen LogP contribution in [0.25, 0.3) is 0 Å². The molecule has 1 aromatic heterocycles. The van der Waals surface area contributed by atoms with E-state index in [-0.39, 0.29) is 5.56 Å². The van der Waals surface area contributed by atoms with Crippen LogP contribution in [0.5, 0.6) is 5.75 Å². The van der Waals surface area contributed by atoms with Crippen LogP contribution in [0.2, 0.25) is 0 Å². The fourth-order valence-electron chi connectivity index (χ4n) is 1.88. The summed E-state index contributed by atoms with van der Waals surface area (Å²) in [5.74, 6) is -0.549. The van der Waals surface area contributed by atoms with Crippen molar-refractivity contribution < 1.29 is 14.6 Å². The van der Waals surface area contributed by atoms with Gasteiger partial charge in [0.1, 0.15) is 11.3 Å². The predicted octanol–water partition coefficient (Wildman–Crippen LogP) is 3.36. The molecule has 0 saturated carbocycles. The van der Waals surface area contributed by atoms with Crippen LogP contribution < -0.4 is 4.74 Å². The van der Waals surface area contributed by atoms with Gasteiger partial charge in [-0.15, -0.1) is 0 Å². The number of hydrogen-bond donors (Lipinski definition) is 1. The summed E-state index contributed by atoms with van der Waals surface area (Å²) in [5.41, 5.74) is 1.46. The summed E-state index contributed by atoms with van der Waals surface area (Å²) in [5, 5.41) is 9.16. The van der Waals surface area contributed by atoms with Crippen molar-refractivity contribution in [2.24, 2.45) is 0 Å². The molecule has 0 aliphatic rings. The Morgan fingerprint density at radius 1 is 1.33 bits per heavy atom. The molecule has 1 aromatic rings. The fraction of sp³-hybridized carbons (Fsp3) is 0.571. The molecule has 0 fully saturated rings. The molecule has 4 heteroatoms. The number of carboxylic acids is 1. The predicted molar refractivity (Wildman–Crippen MR) is 70.3 cm³/mol. The van der Waals surface area contributed by atoms with E-state index in [9.17, 15) is 4.79 Å². The molecular formula is C14H21NO3. The maximum atomic E-state index is 11.2. The third-order valence-corrected chi connectivity index (χ3v) is 2.76. The maximum Gasteiger partial charge on any atom is 0.341 e. The van der Waals surface area contributed by atoms with E-state index in [1.54, 1.807) is 13.0 Å². The molecule has 18 heavy (non-hydrogen) atoms. The van der Waals surface area contributed by atoms with Gasteiger partial charge in [0.05, 0.1) is 12.3 Å². The molecule has 0 aromatic carbocycles. The summed E-state index contributed by atoms with van der Waals surface area (Å²) in [6.45, 7) is 6.24. The van der Waals surface area contributed by atoms with Crippen molar-refractivity contribution in [1.29, 1.82) is 0 Å². The lowest BCUT2D eigenvalue weighted by Gasteiger charge is -2.11. The monoisotopic (exact) mass is 251 g/mol. The van der Waals surface area contributed by atoms with E-state index in [0.717, 1.165) is 18.5 Å². The molecular weight excluding hydrogens is 230 g/mol. The van der Waals surface area contributed by atoms with Crippen LogP contribution in [-0.4, -0.2) is 22.7 Å². The van der Waals surface area contributed by atoms with Crippen LogP contribution in [0.15, 0.2) is 6.07 Å². The SMILES string of the molecule is CCCCCCOc1cc(C)nc(C)c1C(=O)O. The van der Waals surface area contributed by atoms with Crippen molar-refractivity contribution in [3.63, 3.8) is 0 Å². The maximum absolute atomic E-state index is 11.2. The number of pyridine rings is 1. The van der Waals surface area contributed by atoms with Crippen LogP contribution in [0.4, 0.5) is 0 Å². The van der Waals surface area contributed by atoms with Crippen LogP contribution >= 0.6 is 0 Å². The minimum atomic E-state index is -0.983. The third-order valence-electron chi connectivity index (χ3n) is 2.76. The van der Waals surface area contributed by atoms with Crippen LogP contribution in [0.3, 0.4) is 0 Å². The van der Waals surface area contributed by atoms with Gasteiger partial charge in [-0.1, -0.05) is 26.2 Å². The van der Waals surface area contributed by atoms with Gasteiger partial charge in [0.15, 0.2) is 0 Å². The second-order valence-corrected chi connectivity index (χ2v) is 4.44. The van der Waals surface area contributed by atoms with Gasteiger partial charge in [-0.05, 0) is 20.3 Å². The van der Waals surface area contributed by atoms with Gasteiger partial charge in [-0.25, -0.2) is 4.79 Å². The Labute approximate surface area is 108 Å². The first kappa shape index (κ1) is 14.5. The molecule has 0 atom stereocenters. The van der Waals surface area contributed by atoms with Gasteiger partial charge in [-0.2, -0.15) is 0 Å². The number of carbonyl (C=O) groups is 1. The van der Waals surface area contributed by atoms with Crippen molar-refractivity contribution in [2.75, 3.05) is 6.61 Å². The first-order chi connectivity index (χ1) is 8.56. The Balaban J connectivity index is 2.71. The number of aryl methyl sites for hydroxylation is 2. The zero-order valence-corrected chi connectivity index (χ0v) is 11.3. The molecule has 0 aliphatic heterocycles. The van der Waals surface area contributed by atoms with Gasteiger partial charge in [0.25, 0.3) is 0 Å². The summed E-state index contributed by atoms with van der Waals surface area (Å²) in [7, 11) is 0. The van der Waals surface area contributed by atoms with E-state index >= 15 is 0 Å². The summed E-state index contributed by atoms with van der Waals surface area (Å²) in [6.07, 6.45) is 4.42. The average Bonchev–Trinajstić information content (AvgIpc) is 2.27. The molecule has 1 N–H and O–H groups in total. The molecule has 0 radical (unpaired) electrons. The van der Waals surface area contributed by atoms with Gasteiger partial charge < -0.3 is 9.84 Å². The number of unbranched alkanes of at least 4 members (excludes halogenated alkanes) is 3. The molecule has 0 saturated heterocycles. The minimum Gasteiger partial charge on any atom is -0.493 e. The summed E-state index contributed by atoms with van der Waals surface area (Å²) in [4.78, 5) is 15.3. The Bertz CT molecular complexity index is 416. The normalized spacial score (nSPS) is 10.4. The lowest BCUT2D eigenvalue weighted by atomic mass is 10.1. The standard InChI is InChI=1S/C14H21NO3/c1-4-5-6-7-8-18-12-9-10(2)15-11(3)13(12)14(16)17/h9H,4-8H2,1-3H3,(H,16,17). The number of aromatic carboxylic acids is 1. The van der Waals surface area contributed by atoms with E-state index in [4.69, 9.17) is 9.84 Å². The molecule has 0 amide bonds. The summed E-state index contributed by atoms with van der Waals surface area (Å²) >= 11 is 0. The largest absolute Gasteiger partial charge is 0.493 e. The summed E-state index contributed by atoms with van der Waals surface area (Å²) < 4.78 is 5.59. The van der Waals surface area contributed by atoms with Gasteiger partial charge >= 0.3 is 5.97 Å². The molecule has 1 rings (SSSR count). The lowest BCUT2D eigenvalue weighted by Crippen LogP contribution is -2.08. The van der Waals surface area contributed by atoms with Crippen molar-refractivity contribution in [3.05, 3.63) is 23.0 Å². The van der Waals surface area contributed by atoms with E-state index in [1.165, 1.54) is 12.8 Å². The fourth-order valence-corrected chi connectivity index (χ4v) is 1.88. The Morgan fingerprint density at radius 3 is 2.67 bits per heavy atom. The molecule has 100 valence electrons. The highest BCUT2D eigenvalue weighted by Gasteiger charge is 2.16. The average molecular weight is 251 g/mol. The topological polar surface area (TPSA) is 59.4 Å². The zero-order chi connectivity index (χ0) is 13.5. The number of aromatic nitrogens is 1. The second-order valence-electron chi connectivity index (χ2n) is 4.44. The Kier molecular flexibility index (Phi) is 5.62. The molecule has 1 heterocycles. The van der Waals surface area contributed by atoms with Gasteiger partial charge in [0.2, 0.25) is 0 Å². The number of ether oxygens (including phenoxy) is 1. The lowest BCUT2D eigenvalue weighted by molar-refractivity contribution is 0.0690. The van der Waals surface area contributed by atoms with Crippen molar-refractivity contribution in [1.82, 2.24) is 4.98 Å². The van der Waals surface area contributed by atoms with Crippen molar-refractivity contribution in [2.45, 2.75) is 46.5 Å². The molecule has 0 aliphatic carbocycles. The second kappa shape index (κ2) is 6.99. The van der Waals surface area contributed by atoms with E-state index in [0.29, 0.717) is 18.1 Å². The number of hydrogen-bond acceptors (Lipinski definition) is 3. The van der Waals surface area contributed by atoms with Crippen LogP contribution in [0, 0.1) is 13.8 Å². The highest BCUT2D eigenvalue weighted by atomic mass is 16.5.